The van der Waals surface area contributed by atoms with Crippen molar-refractivity contribution in [3.8, 4) is 11.3 Å². The Morgan fingerprint density at radius 3 is 2.43 bits per heavy atom. The first kappa shape index (κ1) is 18.3. The number of nitrogens with one attached hydrogen (secondary N) is 1. The molecule has 0 amide bonds. The minimum atomic E-state index is -0.326. The van der Waals surface area contributed by atoms with Gasteiger partial charge in [-0.05, 0) is 67.9 Å². The van der Waals surface area contributed by atoms with Gasteiger partial charge in [0.1, 0.15) is 11.6 Å². The van der Waals surface area contributed by atoms with Crippen molar-refractivity contribution in [2.45, 2.75) is 50.6 Å². The molecule has 28 heavy (non-hydrogen) atoms. The van der Waals surface area contributed by atoms with Crippen molar-refractivity contribution < 1.29 is 4.39 Å². The van der Waals surface area contributed by atoms with Crippen LogP contribution in [0.1, 0.15) is 38.5 Å². The van der Waals surface area contributed by atoms with Crippen LogP contribution in [0.25, 0.3) is 11.3 Å². The largest absolute Gasteiger partial charge is 0.366 e. The van der Waals surface area contributed by atoms with E-state index in [1.165, 1.54) is 63.7 Å². The maximum absolute atomic E-state index is 13.5. The molecule has 148 valence electrons. The fourth-order valence-corrected chi connectivity index (χ4v) is 5.69. The lowest BCUT2D eigenvalue weighted by molar-refractivity contribution is 0.226. The SMILES string of the molecule is Fc1ccc(Cl)c(-c2ccc(NC3C[C@@H]4CN(C5CCCC5)C[C@@H]4C3)nn2)c1. The van der Waals surface area contributed by atoms with E-state index in [-0.39, 0.29) is 5.82 Å². The van der Waals surface area contributed by atoms with Crippen molar-refractivity contribution in [1.29, 1.82) is 0 Å². The predicted octanol–water partition coefficient (Wildman–Crippen LogP) is 5.00. The Kier molecular flexibility index (Phi) is 4.97. The molecule has 2 aliphatic carbocycles. The van der Waals surface area contributed by atoms with Gasteiger partial charge < -0.3 is 5.32 Å². The van der Waals surface area contributed by atoms with Crippen LogP contribution in [0.4, 0.5) is 10.2 Å². The molecule has 1 N–H and O–H groups in total. The van der Waals surface area contributed by atoms with Crippen LogP contribution in [-0.2, 0) is 0 Å². The first-order valence-corrected chi connectivity index (χ1v) is 10.8. The fourth-order valence-electron chi connectivity index (χ4n) is 5.48. The van der Waals surface area contributed by atoms with E-state index in [0.29, 0.717) is 22.3 Å². The van der Waals surface area contributed by atoms with E-state index < -0.39 is 0 Å². The second kappa shape index (κ2) is 7.60. The smallest absolute Gasteiger partial charge is 0.148 e. The number of nitrogens with zero attached hydrogens (tertiary/aromatic N) is 3. The Morgan fingerprint density at radius 1 is 1.00 bits per heavy atom. The van der Waals surface area contributed by atoms with Crippen LogP contribution in [0.5, 0.6) is 0 Å². The lowest BCUT2D eigenvalue weighted by Gasteiger charge is -2.25. The van der Waals surface area contributed by atoms with Crippen LogP contribution >= 0.6 is 11.6 Å². The molecule has 3 aliphatic rings. The third kappa shape index (κ3) is 3.62. The minimum absolute atomic E-state index is 0.326. The van der Waals surface area contributed by atoms with Crippen molar-refractivity contribution in [3.63, 3.8) is 0 Å². The first-order chi connectivity index (χ1) is 13.7. The van der Waals surface area contributed by atoms with Crippen molar-refractivity contribution in [1.82, 2.24) is 15.1 Å². The summed E-state index contributed by atoms with van der Waals surface area (Å²) in [5.41, 5.74) is 1.16. The minimum Gasteiger partial charge on any atom is -0.366 e. The maximum atomic E-state index is 13.5. The Bertz CT molecular complexity index is 823. The molecule has 1 aromatic heterocycles. The number of benzene rings is 1. The zero-order chi connectivity index (χ0) is 19.1. The van der Waals surface area contributed by atoms with Crippen LogP contribution in [0, 0.1) is 17.7 Å². The molecule has 3 atom stereocenters. The number of anilines is 1. The third-order valence-corrected chi connectivity index (χ3v) is 7.17. The molecule has 0 bridgehead atoms. The standard InChI is InChI=1S/C22H26ClFN4/c23-20-6-5-16(24)11-19(20)21-7-8-22(27-26-21)25-17-9-14-12-28(13-15(14)10-17)18-3-1-2-4-18/h5-8,11,14-15,17-18H,1-4,9-10,12-13H2,(H,25,27)/t14-,15+,17?. The van der Waals surface area contributed by atoms with Gasteiger partial charge in [-0.25, -0.2) is 4.39 Å². The molecule has 3 fully saturated rings. The summed E-state index contributed by atoms with van der Waals surface area (Å²) >= 11 is 6.17. The monoisotopic (exact) mass is 400 g/mol. The van der Waals surface area contributed by atoms with Gasteiger partial charge in [0.15, 0.2) is 0 Å². The van der Waals surface area contributed by atoms with Crippen LogP contribution in [0.15, 0.2) is 30.3 Å². The fraction of sp³-hybridized carbons (Fsp3) is 0.545. The number of hydrogen-bond donors (Lipinski definition) is 1. The molecule has 2 saturated carbocycles. The van der Waals surface area contributed by atoms with Gasteiger partial charge in [0.25, 0.3) is 0 Å². The number of likely N-dealkylation sites (tertiary alicyclic amines) is 1. The van der Waals surface area contributed by atoms with Gasteiger partial charge >= 0.3 is 0 Å². The Morgan fingerprint density at radius 2 is 1.75 bits per heavy atom. The summed E-state index contributed by atoms with van der Waals surface area (Å²) in [4.78, 5) is 2.76. The number of rotatable bonds is 4. The van der Waals surface area contributed by atoms with Crippen molar-refractivity contribution in [3.05, 3.63) is 41.2 Å². The highest BCUT2D eigenvalue weighted by atomic mass is 35.5. The van der Waals surface area contributed by atoms with E-state index >= 15 is 0 Å². The molecule has 5 rings (SSSR count). The van der Waals surface area contributed by atoms with Gasteiger partial charge in [-0.15, -0.1) is 10.2 Å². The average molecular weight is 401 g/mol. The number of halogens is 2. The second-order valence-electron chi connectivity index (χ2n) is 8.65. The van der Waals surface area contributed by atoms with Crippen molar-refractivity contribution >= 4 is 17.4 Å². The van der Waals surface area contributed by atoms with Gasteiger partial charge in [0.2, 0.25) is 0 Å². The third-order valence-electron chi connectivity index (χ3n) is 6.84. The number of fused-ring (bicyclic) bond motifs is 1. The highest BCUT2D eigenvalue weighted by molar-refractivity contribution is 6.33. The normalized spacial score (nSPS) is 28.0. The summed E-state index contributed by atoms with van der Waals surface area (Å²) in [6.07, 6.45) is 8.06. The summed E-state index contributed by atoms with van der Waals surface area (Å²) in [6, 6.07) is 9.39. The van der Waals surface area contributed by atoms with Crippen LogP contribution in [0.2, 0.25) is 5.02 Å². The molecule has 6 heteroatoms. The summed E-state index contributed by atoms with van der Waals surface area (Å²) in [7, 11) is 0. The molecule has 1 unspecified atom stereocenters. The molecule has 1 aromatic carbocycles. The van der Waals surface area contributed by atoms with Crippen LogP contribution in [0.3, 0.4) is 0 Å². The average Bonchev–Trinajstić information content (AvgIpc) is 3.40. The van der Waals surface area contributed by atoms with Crippen molar-refractivity contribution in [2.24, 2.45) is 11.8 Å². The molecule has 2 aromatic rings. The van der Waals surface area contributed by atoms with E-state index in [1.54, 1.807) is 6.07 Å². The van der Waals surface area contributed by atoms with E-state index in [4.69, 9.17) is 11.6 Å². The van der Waals surface area contributed by atoms with Gasteiger partial charge in [0.05, 0.1) is 10.7 Å². The van der Waals surface area contributed by atoms with Gasteiger partial charge in [-0.1, -0.05) is 24.4 Å². The van der Waals surface area contributed by atoms with E-state index in [2.05, 4.69) is 20.4 Å². The first-order valence-electron chi connectivity index (χ1n) is 10.5. The lowest BCUT2D eigenvalue weighted by Crippen LogP contribution is -2.33. The quantitative estimate of drug-likeness (QED) is 0.783. The Labute approximate surface area is 170 Å². The number of aromatic nitrogens is 2. The van der Waals surface area contributed by atoms with Gasteiger partial charge in [-0.3, -0.25) is 4.90 Å². The highest BCUT2D eigenvalue weighted by Gasteiger charge is 2.43. The Hall–Kier alpha value is -1.72. The van der Waals surface area contributed by atoms with Crippen LogP contribution in [-0.4, -0.2) is 40.3 Å². The van der Waals surface area contributed by atoms with Crippen LogP contribution < -0.4 is 5.32 Å². The molecule has 4 nitrogen and oxygen atoms in total. The lowest BCUT2D eigenvalue weighted by atomic mass is 10.0. The summed E-state index contributed by atoms with van der Waals surface area (Å²) in [6.45, 7) is 2.55. The predicted molar refractivity (Wildman–Crippen MR) is 110 cm³/mol. The molecule has 0 radical (unpaired) electrons. The molecule has 1 saturated heterocycles. The number of hydrogen-bond acceptors (Lipinski definition) is 4. The summed E-state index contributed by atoms with van der Waals surface area (Å²) in [5.74, 6) is 2.09. The second-order valence-corrected chi connectivity index (χ2v) is 9.06. The molecule has 2 heterocycles. The summed E-state index contributed by atoms with van der Waals surface area (Å²) in [5, 5.41) is 12.6. The highest BCUT2D eigenvalue weighted by Crippen LogP contribution is 2.41. The molecular weight excluding hydrogens is 375 g/mol. The molecule has 1 aliphatic heterocycles. The van der Waals surface area contributed by atoms with Gasteiger partial charge in [-0.2, -0.15) is 0 Å². The Balaban J connectivity index is 1.19. The zero-order valence-electron chi connectivity index (χ0n) is 16.0. The van der Waals surface area contributed by atoms with Crippen molar-refractivity contribution in [2.75, 3.05) is 18.4 Å². The van der Waals surface area contributed by atoms with E-state index in [1.807, 2.05) is 12.1 Å². The van der Waals surface area contributed by atoms with E-state index in [0.717, 1.165) is 23.7 Å². The topological polar surface area (TPSA) is 41.0 Å². The maximum Gasteiger partial charge on any atom is 0.148 e. The molecule has 0 spiro atoms. The molecular formula is C22H26ClFN4. The summed E-state index contributed by atoms with van der Waals surface area (Å²) < 4.78 is 13.5. The van der Waals surface area contributed by atoms with Gasteiger partial charge in [0, 0.05) is 30.7 Å². The zero-order valence-corrected chi connectivity index (χ0v) is 16.7. The van der Waals surface area contributed by atoms with E-state index in [9.17, 15) is 4.39 Å².